The summed E-state index contributed by atoms with van der Waals surface area (Å²) < 4.78 is 40.8. The minimum atomic E-state index is -4.91. The number of carbonyl (C=O) groups is 1. The first-order valence-corrected chi connectivity index (χ1v) is 5.22. The van der Waals surface area contributed by atoms with Crippen molar-refractivity contribution < 1.29 is 22.5 Å². The van der Waals surface area contributed by atoms with Crippen molar-refractivity contribution in [3.63, 3.8) is 0 Å². The Hall–Kier alpha value is -2.25. The van der Waals surface area contributed by atoms with E-state index < -0.39 is 18.4 Å². The van der Waals surface area contributed by atoms with Gasteiger partial charge >= 0.3 is 6.18 Å². The summed E-state index contributed by atoms with van der Waals surface area (Å²) in [6.07, 6.45) is -4.36. The minimum Gasteiger partial charge on any atom is -0.338 e. The van der Waals surface area contributed by atoms with Crippen LogP contribution in [-0.2, 0) is 11.2 Å². The molecule has 0 aliphatic rings. The normalized spacial score (nSPS) is 11.6. The van der Waals surface area contributed by atoms with Gasteiger partial charge in [-0.05, 0) is 24.6 Å². The van der Waals surface area contributed by atoms with Crippen LogP contribution in [0.3, 0.4) is 0 Å². The van der Waals surface area contributed by atoms with E-state index in [1.165, 1.54) is 6.20 Å². The van der Waals surface area contributed by atoms with E-state index in [4.69, 9.17) is 0 Å². The summed E-state index contributed by atoms with van der Waals surface area (Å²) in [4.78, 5) is 18.4. The molecule has 0 bridgehead atoms. The summed E-state index contributed by atoms with van der Waals surface area (Å²) in [7, 11) is 0. The molecule has 0 aliphatic carbocycles. The molecule has 0 saturated carbocycles. The highest BCUT2D eigenvalue weighted by Gasteiger charge is 2.39. The van der Waals surface area contributed by atoms with E-state index in [1.807, 2.05) is 6.92 Å². The second-order valence-corrected chi connectivity index (χ2v) is 3.83. The number of halogens is 3. The third kappa shape index (κ3) is 3.15. The van der Waals surface area contributed by atoms with Crippen molar-refractivity contribution in [1.29, 1.82) is 0 Å². The van der Waals surface area contributed by atoms with Crippen LogP contribution < -0.4 is 0 Å². The largest absolute Gasteiger partial charge is 0.450 e. The Morgan fingerprint density at radius 3 is 2.79 bits per heavy atom. The van der Waals surface area contributed by atoms with E-state index in [9.17, 15) is 18.0 Å². The molecular formula is C11H8F3N3O2. The fourth-order valence-corrected chi connectivity index (χ4v) is 1.33. The predicted octanol–water partition coefficient (Wildman–Crippen LogP) is 2.11. The highest BCUT2D eigenvalue weighted by molar-refractivity contribution is 5.85. The number of rotatable bonds is 3. The lowest BCUT2D eigenvalue weighted by Crippen LogP contribution is -2.24. The second kappa shape index (κ2) is 4.79. The van der Waals surface area contributed by atoms with E-state index in [0.29, 0.717) is 5.69 Å². The number of alkyl halides is 3. The smallest absolute Gasteiger partial charge is 0.338 e. The van der Waals surface area contributed by atoms with Crippen LogP contribution in [0.15, 0.2) is 22.9 Å². The molecule has 0 spiro atoms. The fourth-order valence-electron chi connectivity index (χ4n) is 1.33. The van der Waals surface area contributed by atoms with Gasteiger partial charge in [0.2, 0.25) is 17.5 Å². The zero-order valence-corrected chi connectivity index (χ0v) is 9.73. The third-order valence-electron chi connectivity index (χ3n) is 2.24. The van der Waals surface area contributed by atoms with E-state index >= 15 is 0 Å². The van der Waals surface area contributed by atoms with Gasteiger partial charge in [0.25, 0.3) is 0 Å². The molecule has 0 atom stereocenters. The van der Waals surface area contributed by atoms with E-state index in [2.05, 4.69) is 19.6 Å². The van der Waals surface area contributed by atoms with Crippen LogP contribution in [0.2, 0.25) is 0 Å². The molecule has 2 rings (SSSR count). The zero-order valence-electron chi connectivity index (χ0n) is 9.73. The molecule has 0 amide bonds. The Morgan fingerprint density at radius 1 is 1.42 bits per heavy atom. The molecular weight excluding hydrogens is 263 g/mol. The molecule has 2 aromatic rings. The van der Waals surface area contributed by atoms with E-state index in [1.54, 1.807) is 12.1 Å². The van der Waals surface area contributed by atoms with Gasteiger partial charge in [-0.1, -0.05) is 5.16 Å². The van der Waals surface area contributed by atoms with Crippen LogP contribution in [-0.4, -0.2) is 27.1 Å². The topological polar surface area (TPSA) is 68.9 Å². The standard InChI is InChI=1S/C11H8F3N3O2/c1-6-2-3-15-7(4-6)10-16-9(19-17-10)5-8(18)11(12,13)14/h2-4H,5H2,1H3. The van der Waals surface area contributed by atoms with Gasteiger partial charge in [-0.3, -0.25) is 9.78 Å². The van der Waals surface area contributed by atoms with E-state index in [-0.39, 0.29) is 11.7 Å². The number of ketones is 1. The lowest BCUT2D eigenvalue weighted by Gasteiger charge is -2.00. The summed E-state index contributed by atoms with van der Waals surface area (Å²) >= 11 is 0. The molecule has 100 valence electrons. The molecule has 0 aromatic carbocycles. The Morgan fingerprint density at radius 2 is 2.16 bits per heavy atom. The average Bonchev–Trinajstić information content (AvgIpc) is 2.76. The van der Waals surface area contributed by atoms with Crippen molar-refractivity contribution >= 4 is 5.78 Å². The summed E-state index contributed by atoms with van der Waals surface area (Å²) in [6, 6.07) is 3.40. The second-order valence-electron chi connectivity index (χ2n) is 3.83. The van der Waals surface area contributed by atoms with Crippen LogP contribution in [0.1, 0.15) is 11.5 Å². The molecule has 5 nitrogen and oxygen atoms in total. The SMILES string of the molecule is Cc1ccnc(-c2noc(CC(=O)C(F)(F)F)n2)c1. The fraction of sp³-hybridized carbons (Fsp3) is 0.273. The van der Waals surface area contributed by atoms with Crippen molar-refractivity contribution in [2.75, 3.05) is 0 Å². The van der Waals surface area contributed by atoms with Crippen LogP contribution in [0.25, 0.3) is 11.5 Å². The highest BCUT2D eigenvalue weighted by Crippen LogP contribution is 2.19. The molecule has 2 heterocycles. The van der Waals surface area contributed by atoms with Gasteiger partial charge in [0.05, 0.1) is 6.42 Å². The number of Topliss-reactive ketones (excluding diaryl/α,β-unsaturated/α-hetero) is 1. The Labute approximate surface area is 105 Å². The molecule has 2 aromatic heterocycles. The number of hydrogen-bond acceptors (Lipinski definition) is 5. The molecule has 0 radical (unpaired) electrons. The van der Waals surface area contributed by atoms with Gasteiger partial charge in [0, 0.05) is 6.20 Å². The average molecular weight is 271 g/mol. The molecule has 8 heteroatoms. The maximum Gasteiger partial charge on any atom is 0.450 e. The molecule has 0 aliphatic heterocycles. The van der Waals surface area contributed by atoms with Crippen LogP contribution in [0, 0.1) is 6.92 Å². The lowest BCUT2D eigenvalue weighted by molar-refractivity contribution is -0.170. The Balaban J connectivity index is 2.18. The van der Waals surface area contributed by atoms with Gasteiger partial charge in [0.15, 0.2) is 0 Å². The molecule has 19 heavy (non-hydrogen) atoms. The predicted molar refractivity (Wildman–Crippen MR) is 57.0 cm³/mol. The van der Waals surface area contributed by atoms with Crippen molar-refractivity contribution in [3.05, 3.63) is 29.8 Å². The number of aromatic nitrogens is 3. The summed E-state index contributed by atoms with van der Waals surface area (Å²) in [5.41, 5.74) is 1.26. The van der Waals surface area contributed by atoms with Gasteiger partial charge in [-0.2, -0.15) is 18.2 Å². The molecule has 0 saturated heterocycles. The summed E-state index contributed by atoms with van der Waals surface area (Å²) in [5, 5.41) is 3.49. The number of carbonyl (C=O) groups excluding carboxylic acids is 1. The first kappa shape index (κ1) is 13.2. The molecule has 0 fully saturated rings. The third-order valence-corrected chi connectivity index (χ3v) is 2.24. The number of aryl methyl sites for hydroxylation is 1. The quantitative estimate of drug-likeness (QED) is 0.855. The van der Waals surface area contributed by atoms with Crippen molar-refractivity contribution in [1.82, 2.24) is 15.1 Å². The van der Waals surface area contributed by atoms with Crippen LogP contribution >= 0.6 is 0 Å². The van der Waals surface area contributed by atoms with Crippen molar-refractivity contribution in [2.45, 2.75) is 19.5 Å². The number of nitrogens with zero attached hydrogens (tertiary/aromatic N) is 3. The monoisotopic (exact) mass is 271 g/mol. The lowest BCUT2D eigenvalue weighted by atomic mass is 10.2. The zero-order chi connectivity index (χ0) is 14.0. The molecule has 0 N–H and O–H groups in total. The Bertz CT molecular complexity index is 607. The minimum absolute atomic E-state index is 0.0497. The maximum absolute atomic E-state index is 12.1. The first-order valence-electron chi connectivity index (χ1n) is 5.22. The maximum atomic E-state index is 12.1. The van der Waals surface area contributed by atoms with Gasteiger partial charge in [-0.25, -0.2) is 0 Å². The number of hydrogen-bond donors (Lipinski definition) is 0. The summed E-state index contributed by atoms with van der Waals surface area (Å²) in [6.45, 7) is 1.82. The first-order chi connectivity index (χ1) is 8.86. The van der Waals surface area contributed by atoms with Gasteiger partial charge in [0.1, 0.15) is 5.69 Å². The summed E-state index contributed by atoms with van der Waals surface area (Å²) in [5.74, 6) is -2.27. The van der Waals surface area contributed by atoms with Crippen molar-refractivity contribution in [2.24, 2.45) is 0 Å². The highest BCUT2D eigenvalue weighted by atomic mass is 19.4. The Kier molecular flexibility index (Phi) is 3.32. The van der Waals surface area contributed by atoms with Crippen LogP contribution in [0.4, 0.5) is 13.2 Å². The van der Waals surface area contributed by atoms with E-state index in [0.717, 1.165) is 5.56 Å². The molecule has 0 unspecified atom stereocenters. The van der Waals surface area contributed by atoms with Crippen molar-refractivity contribution in [3.8, 4) is 11.5 Å². The van der Waals surface area contributed by atoms with Crippen LogP contribution in [0.5, 0.6) is 0 Å². The number of pyridine rings is 1. The van der Waals surface area contributed by atoms with Gasteiger partial charge in [-0.15, -0.1) is 0 Å². The van der Waals surface area contributed by atoms with Gasteiger partial charge < -0.3 is 4.52 Å².